The van der Waals surface area contributed by atoms with Gasteiger partial charge in [-0.1, -0.05) is 85.6 Å². The minimum Gasteiger partial charge on any atom is -0.660 e. The van der Waals surface area contributed by atoms with E-state index in [1.807, 2.05) is 88.4 Å². The number of esters is 4. The van der Waals surface area contributed by atoms with Crippen molar-refractivity contribution in [2.45, 2.75) is 55.4 Å². The number of methoxy groups -OCH3 is 4. The third-order valence-corrected chi connectivity index (χ3v) is 10.1. The zero-order valence-corrected chi connectivity index (χ0v) is 36.1. The first kappa shape index (κ1) is 45.4. The number of carbonyl (C=O) groups is 4. The van der Waals surface area contributed by atoms with Gasteiger partial charge in [0.15, 0.2) is 0 Å². The van der Waals surface area contributed by atoms with Crippen LogP contribution in [0.1, 0.15) is 93.4 Å². The number of rotatable bonds is 8. The number of carbonyl (C=O) groups excluding carboxylic acids is 4. The Labute approximate surface area is 354 Å². The van der Waals surface area contributed by atoms with Gasteiger partial charge in [0, 0.05) is 11.1 Å². The van der Waals surface area contributed by atoms with E-state index >= 15 is 0 Å². The molecule has 0 saturated heterocycles. The van der Waals surface area contributed by atoms with Gasteiger partial charge in [0.25, 0.3) is 0 Å². The molecule has 2 aliphatic rings. The Balaban J connectivity index is 0.000000256. The normalized spacial score (nSPS) is 15.1. The van der Waals surface area contributed by atoms with Gasteiger partial charge in [0.05, 0.1) is 62.4 Å². The van der Waals surface area contributed by atoms with Gasteiger partial charge in [-0.3, -0.25) is 9.98 Å². The third-order valence-electron chi connectivity index (χ3n) is 10.1. The van der Waals surface area contributed by atoms with Crippen molar-refractivity contribution in [1.29, 1.82) is 0 Å². The summed E-state index contributed by atoms with van der Waals surface area (Å²) in [4.78, 5) is 67.8. The van der Waals surface area contributed by atoms with Gasteiger partial charge in [-0.15, -0.1) is 22.8 Å². The number of benzene rings is 2. The number of aliphatic imine (C=N–C) groups is 2. The van der Waals surface area contributed by atoms with Crippen LogP contribution in [-0.4, -0.2) is 63.7 Å². The maximum Gasteiger partial charge on any atom is 2.00 e. The van der Waals surface area contributed by atoms with Crippen LogP contribution in [0.3, 0.4) is 0 Å². The fourth-order valence-electron chi connectivity index (χ4n) is 7.35. The Bertz CT molecular complexity index is 2350. The summed E-state index contributed by atoms with van der Waals surface area (Å²) in [5, 5.41) is 0. The van der Waals surface area contributed by atoms with Crippen molar-refractivity contribution in [1.82, 2.24) is 9.97 Å². The molecule has 4 heterocycles. The summed E-state index contributed by atoms with van der Waals surface area (Å²) in [6.45, 7) is 14.5. The van der Waals surface area contributed by atoms with E-state index in [2.05, 4.69) is 20.0 Å². The first-order chi connectivity index (χ1) is 27.6. The first-order valence-electron chi connectivity index (χ1n) is 18.4. The quantitative estimate of drug-likeness (QED) is 0.0986. The van der Waals surface area contributed by atoms with E-state index in [-0.39, 0.29) is 16.5 Å². The molecule has 0 atom stereocenters. The number of nitrogens with zero attached hydrogens (tertiary/aromatic N) is 4. The average Bonchev–Trinajstić information content (AvgIpc) is 3.89. The molecule has 0 bridgehead atoms. The van der Waals surface area contributed by atoms with E-state index in [1.165, 1.54) is 28.4 Å². The summed E-state index contributed by atoms with van der Waals surface area (Å²) in [5.41, 5.74) is 12.9. The Morgan fingerprint density at radius 2 is 0.780 bits per heavy atom. The number of hydrogen-bond donors (Lipinski definition) is 0. The molecule has 0 saturated carbocycles. The van der Waals surface area contributed by atoms with Crippen molar-refractivity contribution in [2.24, 2.45) is 9.98 Å². The molecular weight excluding hydrogens is 795 g/mol. The standard InChI is InChI=1S/2C23H24N2O4.Ni/c2*1-12-17(22(26)28-5)14(3)24-20(12)19(16-10-8-7-9-11-16)21-13(2)18(15(4)25-21)23(27)29-6;/h2*7-11H,1-6H3,(H,24,25,26,27);/q;;+2/p-2. The molecule has 2 aliphatic heterocycles. The van der Waals surface area contributed by atoms with Gasteiger partial charge in [-0.05, 0) is 75.0 Å². The fourth-order valence-corrected chi connectivity index (χ4v) is 7.35. The molecule has 0 N–H and O–H groups in total. The van der Waals surface area contributed by atoms with Gasteiger partial charge in [0.2, 0.25) is 0 Å². The van der Waals surface area contributed by atoms with E-state index in [4.69, 9.17) is 18.9 Å². The number of ether oxygens (including phenoxy) is 4. The molecule has 0 spiro atoms. The predicted octanol–water partition coefficient (Wildman–Crippen LogP) is 7.54. The second kappa shape index (κ2) is 19.0. The minimum atomic E-state index is -0.426. The Hall–Kier alpha value is -6.33. The summed E-state index contributed by atoms with van der Waals surface area (Å²) in [5.74, 6) is -1.70. The van der Waals surface area contributed by atoms with E-state index in [1.54, 1.807) is 27.7 Å². The SMILES string of the molecule is COC(=O)C1=C(C)/C(=C(\c2ccccc2)c2[n-]c(C)c(C(=O)OC)c2C)N=C1C.COC(=O)C1=C(C)/C(=C(\c2ccccc2)c2[n-]c(C)c(C(=O)OC)c2C)N=C1C.[Ni+2]. The number of aryl methyl sites for hydroxylation is 2. The zero-order valence-electron chi connectivity index (χ0n) is 35.1. The minimum absolute atomic E-state index is 0. The van der Waals surface area contributed by atoms with Crippen molar-refractivity contribution in [3.05, 3.63) is 151 Å². The van der Waals surface area contributed by atoms with Crippen molar-refractivity contribution < 1.29 is 54.6 Å². The number of aromatic nitrogens is 2. The van der Waals surface area contributed by atoms with Gasteiger partial charge in [-0.25, -0.2) is 19.2 Å². The van der Waals surface area contributed by atoms with Crippen molar-refractivity contribution >= 4 is 46.4 Å². The van der Waals surface area contributed by atoms with Crippen LogP contribution in [0.2, 0.25) is 0 Å². The topological polar surface area (TPSA) is 158 Å². The molecule has 0 fully saturated rings. The molecule has 12 nitrogen and oxygen atoms in total. The van der Waals surface area contributed by atoms with Crippen LogP contribution < -0.4 is 9.97 Å². The van der Waals surface area contributed by atoms with E-state index in [0.29, 0.717) is 90.1 Å². The smallest absolute Gasteiger partial charge is 0.660 e. The average molecular weight is 842 g/mol. The summed E-state index contributed by atoms with van der Waals surface area (Å²) in [7, 11) is 5.41. The fraction of sp³-hybridized carbons (Fsp3) is 0.261. The Morgan fingerprint density at radius 3 is 1.07 bits per heavy atom. The van der Waals surface area contributed by atoms with E-state index in [0.717, 1.165) is 22.3 Å². The molecule has 308 valence electrons. The maximum atomic E-state index is 12.3. The van der Waals surface area contributed by atoms with Gasteiger partial charge in [-0.2, -0.15) is 0 Å². The van der Waals surface area contributed by atoms with Gasteiger partial charge >= 0.3 is 40.4 Å². The van der Waals surface area contributed by atoms with Gasteiger partial charge < -0.3 is 28.9 Å². The third kappa shape index (κ3) is 8.61. The molecular formula is C46H46N4NiO8. The molecule has 0 radical (unpaired) electrons. The molecule has 2 aromatic heterocycles. The second-order valence-electron chi connectivity index (χ2n) is 13.6. The molecule has 2 aromatic carbocycles. The molecule has 6 rings (SSSR count). The largest absolute Gasteiger partial charge is 2.00 e. The second-order valence-corrected chi connectivity index (χ2v) is 13.6. The summed E-state index contributed by atoms with van der Waals surface area (Å²) in [6.07, 6.45) is 0. The summed E-state index contributed by atoms with van der Waals surface area (Å²) < 4.78 is 19.7. The van der Waals surface area contributed by atoms with Crippen LogP contribution in [-0.2, 0) is 45.0 Å². The zero-order chi connectivity index (χ0) is 42.6. The molecule has 0 unspecified atom stereocenters. The van der Waals surface area contributed by atoms with Crippen LogP contribution in [0.4, 0.5) is 0 Å². The monoisotopic (exact) mass is 840 g/mol. The number of allylic oxidation sites excluding steroid dienone is 2. The Morgan fingerprint density at radius 1 is 0.475 bits per heavy atom. The van der Waals surface area contributed by atoms with Gasteiger partial charge in [0.1, 0.15) is 0 Å². The van der Waals surface area contributed by atoms with E-state index < -0.39 is 23.9 Å². The molecule has 4 aromatic rings. The predicted molar refractivity (Wildman–Crippen MR) is 222 cm³/mol. The van der Waals surface area contributed by atoms with E-state index in [9.17, 15) is 19.2 Å². The van der Waals surface area contributed by atoms with Crippen molar-refractivity contribution in [2.75, 3.05) is 28.4 Å². The van der Waals surface area contributed by atoms with Crippen molar-refractivity contribution in [3.63, 3.8) is 0 Å². The van der Waals surface area contributed by atoms with Crippen LogP contribution in [0.25, 0.3) is 11.1 Å². The molecule has 0 aliphatic carbocycles. The number of hydrogen-bond acceptors (Lipinski definition) is 10. The Kier molecular flexibility index (Phi) is 14.6. The molecule has 13 heteroatoms. The first-order valence-corrected chi connectivity index (χ1v) is 18.4. The molecule has 0 amide bonds. The molecule has 59 heavy (non-hydrogen) atoms. The van der Waals surface area contributed by atoms with Crippen LogP contribution in [0, 0.1) is 27.7 Å². The van der Waals surface area contributed by atoms with Crippen molar-refractivity contribution in [3.8, 4) is 0 Å². The van der Waals surface area contributed by atoms with Crippen LogP contribution in [0.15, 0.2) is 104 Å². The summed E-state index contributed by atoms with van der Waals surface area (Å²) >= 11 is 0. The summed E-state index contributed by atoms with van der Waals surface area (Å²) in [6, 6.07) is 19.4. The maximum absolute atomic E-state index is 12.3. The van der Waals surface area contributed by atoms with Crippen LogP contribution in [0.5, 0.6) is 0 Å². The van der Waals surface area contributed by atoms with Crippen LogP contribution >= 0.6 is 0 Å².